The molecule has 0 unspecified atom stereocenters. The molecule has 0 spiro atoms. The van der Waals surface area contributed by atoms with Crippen molar-refractivity contribution in [1.29, 1.82) is 0 Å². The van der Waals surface area contributed by atoms with Crippen molar-refractivity contribution in [2.45, 2.75) is 71.3 Å². The van der Waals surface area contributed by atoms with Crippen molar-refractivity contribution in [2.75, 3.05) is 0 Å². The summed E-state index contributed by atoms with van der Waals surface area (Å²) in [6.07, 6.45) is 6.38. The first-order valence-corrected chi connectivity index (χ1v) is 8.06. The molecule has 118 valence electrons. The Hall–Kier alpha value is -1.22. The molecular formula is C18H27FO2. The van der Waals surface area contributed by atoms with Crippen LogP contribution >= 0.6 is 0 Å². The highest BCUT2D eigenvalue weighted by molar-refractivity contribution is 5.81. The smallest absolute Gasteiger partial charge is 0.258 e. The van der Waals surface area contributed by atoms with Gasteiger partial charge in [0.15, 0.2) is 5.78 Å². The Bertz CT molecular complexity index is 378. The van der Waals surface area contributed by atoms with Crippen molar-refractivity contribution >= 4 is 5.78 Å². The average Bonchev–Trinajstić information content (AvgIpc) is 2.52. The second kappa shape index (κ2) is 11.4. The lowest BCUT2D eigenvalue weighted by molar-refractivity contribution is -0.144. The molecule has 2 nitrogen and oxygen atoms in total. The van der Waals surface area contributed by atoms with Gasteiger partial charge < -0.3 is 4.74 Å². The number of halogens is 1. The summed E-state index contributed by atoms with van der Waals surface area (Å²) in [7, 11) is 0. The van der Waals surface area contributed by atoms with Crippen LogP contribution in [0.25, 0.3) is 0 Å². The van der Waals surface area contributed by atoms with E-state index in [1.165, 1.54) is 25.7 Å². The number of carbonyl (C=O) groups excluding carboxylic acids is 1. The van der Waals surface area contributed by atoms with Crippen molar-refractivity contribution in [3.05, 3.63) is 35.9 Å². The highest BCUT2D eigenvalue weighted by Gasteiger charge is 2.16. The quantitative estimate of drug-likeness (QED) is 0.495. The second-order valence-electron chi connectivity index (χ2n) is 5.45. The molecule has 3 heteroatoms. The maximum Gasteiger partial charge on any atom is 0.258 e. The van der Waals surface area contributed by atoms with Crippen LogP contribution in [-0.2, 0) is 16.1 Å². The minimum atomic E-state index is -1.79. The third-order valence-corrected chi connectivity index (χ3v) is 3.52. The van der Waals surface area contributed by atoms with Gasteiger partial charge in [0.2, 0.25) is 0 Å². The molecule has 0 fully saturated rings. The highest BCUT2D eigenvalue weighted by atomic mass is 19.1. The highest BCUT2D eigenvalue weighted by Crippen LogP contribution is 2.11. The van der Waals surface area contributed by atoms with Gasteiger partial charge in [-0.15, -0.1) is 0 Å². The minimum absolute atomic E-state index is 0.144. The third-order valence-electron chi connectivity index (χ3n) is 3.52. The Morgan fingerprint density at radius 1 is 1.05 bits per heavy atom. The molecule has 1 rings (SSSR count). The van der Waals surface area contributed by atoms with Crippen molar-refractivity contribution in [2.24, 2.45) is 0 Å². The van der Waals surface area contributed by atoms with Gasteiger partial charge >= 0.3 is 0 Å². The van der Waals surface area contributed by atoms with Crippen LogP contribution in [0.2, 0.25) is 0 Å². The van der Waals surface area contributed by atoms with Crippen LogP contribution in [-0.4, -0.2) is 12.1 Å². The number of hydrogen-bond donors (Lipinski definition) is 0. The summed E-state index contributed by atoms with van der Waals surface area (Å²) in [6.45, 7) is 2.33. The first-order valence-electron chi connectivity index (χ1n) is 8.06. The van der Waals surface area contributed by atoms with Gasteiger partial charge in [0.1, 0.15) is 0 Å². The monoisotopic (exact) mass is 294 g/mol. The van der Waals surface area contributed by atoms with E-state index in [0.717, 1.165) is 24.8 Å². The van der Waals surface area contributed by atoms with Crippen molar-refractivity contribution in [3.63, 3.8) is 0 Å². The Balaban J connectivity index is 2.06. The summed E-state index contributed by atoms with van der Waals surface area (Å²) < 4.78 is 18.6. The number of hydrogen-bond acceptors (Lipinski definition) is 2. The molecule has 0 aliphatic rings. The van der Waals surface area contributed by atoms with Crippen LogP contribution in [0, 0.1) is 0 Å². The molecule has 0 N–H and O–H groups in total. The van der Waals surface area contributed by atoms with Crippen LogP contribution < -0.4 is 0 Å². The lowest BCUT2D eigenvalue weighted by atomic mass is 10.1. The molecule has 0 bridgehead atoms. The van der Waals surface area contributed by atoms with Crippen LogP contribution in [0.15, 0.2) is 30.3 Å². The fourth-order valence-corrected chi connectivity index (χ4v) is 2.21. The van der Waals surface area contributed by atoms with Crippen LogP contribution in [0.4, 0.5) is 4.39 Å². The van der Waals surface area contributed by atoms with Gasteiger partial charge in [-0.3, -0.25) is 4.79 Å². The van der Waals surface area contributed by atoms with E-state index in [4.69, 9.17) is 4.74 Å². The maximum absolute atomic E-state index is 13.6. The molecule has 0 saturated carbocycles. The molecule has 21 heavy (non-hydrogen) atoms. The van der Waals surface area contributed by atoms with Gasteiger partial charge in [-0.05, 0) is 12.0 Å². The van der Waals surface area contributed by atoms with E-state index in [9.17, 15) is 9.18 Å². The number of ether oxygens (including phenoxy) is 1. The summed E-state index contributed by atoms with van der Waals surface area (Å²) in [4.78, 5) is 11.6. The van der Waals surface area contributed by atoms with Gasteiger partial charge in [0.25, 0.3) is 6.36 Å². The molecule has 0 amide bonds. The summed E-state index contributed by atoms with van der Waals surface area (Å²) in [5.41, 5.74) is 0.879. The van der Waals surface area contributed by atoms with Crippen LogP contribution in [0.1, 0.15) is 63.9 Å². The predicted molar refractivity (Wildman–Crippen MR) is 83.7 cm³/mol. The average molecular weight is 294 g/mol. The minimum Gasteiger partial charge on any atom is -0.338 e. The van der Waals surface area contributed by atoms with E-state index >= 15 is 0 Å². The van der Waals surface area contributed by atoms with Gasteiger partial charge in [-0.25, -0.2) is 4.39 Å². The Labute approximate surface area is 127 Å². The molecular weight excluding hydrogens is 267 g/mol. The number of alkyl halides is 1. The maximum atomic E-state index is 13.6. The zero-order chi connectivity index (χ0) is 15.3. The summed E-state index contributed by atoms with van der Waals surface area (Å²) >= 11 is 0. The van der Waals surface area contributed by atoms with Crippen LogP contribution in [0.3, 0.4) is 0 Å². The molecule has 1 atom stereocenters. The Morgan fingerprint density at radius 2 is 1.67 bits per heavy atom. The summed E-state index contributed by atoms with van der Waals surface area (Å²) in [5, 5.41) is 0. The number of rotatable bonds is 12. The zero-order valence-corrected chi connectivity index (χ0v) is 13.0. The molecule has 1 aromatic carbocycles. The van der Waals surface area contributed by atoms with Gasteiger partial charge in [0.05, 0.1) is 6.61 Å². The zero-order valence-electron chi connectivity index (χ0n) is 13.0. The molecule has 1 aromatic rings. The SMILES string of the molecule is CCCCCCCCCC(=O)[C@H](F)OCc1ccccc1. The van der Waals surface area contributed by atoms with Crippen LogP contribution in [0.5, 0.6) is 0 Å². The van der Waals surface area contributed by atoms with E-state index in [-0.39, 0.29) is 13.0 Å². The standard InChI is InChI=1S/C18H27FO2/c1-2-3-4-5-6-7-11-14-17(20)18(19)21-15-16-12-9-8-10-13-16/h8-10,12-13,18H,2-7,11,14-15H2,1H3/t18-/m1/s1. The largest absolute Gasteiger partial charge is 0.338 e. The van der Waals surface area contributed by atoms with Crippen molar-refractivity contribution in [1.82, 2.24) is 0 Å². The van der Waals surface area contributed by atoms with Crippen molar-refractivity contribution in [3.8, 4) is 0 Å². The third kappa shape index (κ3) is 8.61. The van der Waals surface area contributed by atoms with Crippen molar-refractivity contribution < 1.29 is 13.9 Å². The van der Waals surface area contributed by atoms with E-state index in [1.807, 2.05) is 30.3 Å². The lowest BCUT2D eigenvalue weighted by Gasteiger charge is -2.09. The van der Waals surface area contributed by atoms with E-state index in [1.54, 1.807) is 0 Å². The number of benzene rings is 1. The number of carbonyl (C=O) groups is 1. The molecule has 0 radical (unpaired) electrons. The van der Waals surface area contributed by atoms with Gasteiger partial charge in [-0.2, -0.15) is 0 Å². The van der Waals surface area contributed by atoms with Gasteiger partial charge in [-0.1, -0.05) is 75.8 Å². The van der Waals surface area contributed by atoms with Gasteiger partial charge in [0, 0.05) is 6.42 Å². The summed E-state index contributed by atoms with van der Waals surface area (Å²) in [6, 6.07) is 9.33. The molecule has 0 aromatic heterocycles. The lowest BCUT2D eigenvalue weighted by Crippen LogP contribution is -2.18. The molecule has 0 aliphatic carbocycles. The number of ketones is 1. The molecule has 0 saturated heterocycles. The Kier molecular flexibility index (Phi) is 9.71. The topological polar surface area (TPSA) is 26.3 Å². The first kappa shape index (κ1) is 17.8. The normalized spacial score (nSPS) is 12.3. The molecule has 0 heterocycles. The summed E-state index contributed by atoms with van der Waals surface area (Å²) in [5.74, 6) is -0.431. The second-order valence-corrected chi connectivity index (χ2v) is 5.45. The first-order chi connectivity index (χ1) is 10.2. The predicted octanol–water partition coefficient (Wildman–Crippen LogP) is 5.21. The van der Waals surface area contributed by atoms with E-state index in [2.05, 4.69) is 6.92 Å². The van der Waals surface area contributed by atoms with E-state index < -0.39 is 12.1 Å². The fraction of sp³-hybridized carbons (Fsp3) is 0.611. The number of Topliss-reactive ketones (excluding diaryl/α,β-unsaturated/α-hetero) is 1. The Morgan fingerprint density at radius 3 is 2.33 bits per heavy atom. The number of unbranched alkanes of at least 4 members (excludes halogenated alkanes) is 6. The fourth-order valence-electron chi connectivity index (χ4n) is 2.21. The molecule has 0 aliphatic heterocycles. The van der Waals surface area contributed by atoms with E-state index in [0.29, 0.717) is 0 Å².